The Morgan fingerprint density at radius 3 is 3.00 bits per heavy atom. The molecule has 3 N–H and O–H groups in total. The summed E-state index contributed by atoms with van der Waals surface area (Å²) in [5.74, 6) is 1.31. The molecule has 16 heavy (non-hydrogen) atoms. The monoisotopic (exact) mass is 214 g/mol. The first-order chi connectivity index (χ1) is 7.74. The number of hydrogen-bond donors (Lipinski definition) is 2. The van der Waals surface area contributed by atoms with E-state index in [0.717, 1.165) is 17.1 Å². The fourth-order valence-corrected chi connectivity index (χ4v) is 1.80. The number of Topliss-reactive ketones (excluding diaryl/α,β-unsaturated/α-hetero) is 1. The van der Waals surface area contributed by atoms with E-state index in [9.17, 15) is 4.79 Å². The van der Waals surface area contributed by atoms with Gasteiger partial charge >= 0.3 is 0 Å². The number of allylic oxidation sites excluding steroid dienone is 3. The van der Waals surface area contributed by atoms with Crippen molar-refractivity contribution >= 4 is 11.5 Å². The molecule has 0 amide bonds. The van der Waals surface area contributed by atoms with Crippen molar-refractivity contribution in [2.45, 2.75) is 6.42 Å². The highest BCUT2D eigenvalue weighted by atomic mass is 16.5. The highest BCUT2D eigenvalue weighted by molar-refractivity contribution is 5.98. The van der Waals surface area contributed by atoms with Crippen LogP contribution >= 0.6 is 0 Å². The van der Waals surface area contributed by atoms with Crippen LogP contribution in [0.15, 0.2) is 47.5 Å². The van der Waals surface area contributed by atoms with Crippen LogP contribution in [0.4, 0.5) is 5.69 Å². The van der Waals surface area contributed by atoms with Crippen LogP contribution in [-0.4, -0.2) is 5.78 Å². The van der Waals surface area contributed by atoms with Gasteiger partial charge in [0, 0.05) is 6.08 Å². The number of rotatable bonds is 0. The van der Waals surface area contributed by atoms with Gasteiger partial charge in [0.25, 0.3) is 0 Å². The van der Waals surface area contributed by atoms with Gasteiger partial charge in [-0.15, -0.1) is 0 Å². The molecule has 4 heteroatoms. The number of fused-ring (bicyclic) bond motifs is 1. The molecule has 0 fully saturated rings. The predicted molar refractivity (Wildman–Crippen MR) is 59.6 cm³/mol. The average molecular weight is 214 g/mol. The molecule has 1 aliphatic heterocycles. The molecule has 1 aromatic carbocycles. The van der Waals surface area contributed by atoms with E-state index in [1.807, 2.05) is 24.3 Å². The van der Waals surface area contributed by atoms with Crippen molar-refractivity contribution in [3.05, 3.63) is 47.5 Å². The Kier molecular flexibility index (Phi) is 1.77. The molecule has 0 aromatic heterocycles. The zero-order valence-corrected chi connectivity index (χ0v) is 8.49. The lowest BCUT2D eigenvalue weighted by molar-refractivity contribution is -0.115. The van der Waals surface area contributed by atoms with Crippen molar-refractivity contribution in [2.75, 3.05) is 5.32 Å². The second-order valence-corrected chi connectivity index (χ2v) is 3.77. The molecule has 0 unspecified atom stereocenters. The SMILES string of the molecule is NC1=CC2=C(CC1=O)Nc1ccccc1O2. The molecule has 4 nitrogen and oxygen atoms in total. The van der Waals surface area contributed by atoms with Crippen LogP contribution in [0.5, 0.6) is 5.75 Å². The third-order valence-electron chi connectivity index (χ3n) is 2.64. The van der Waals surface area contributed by atoms with E-state index in [1.165, 1.54) is 0 Å². The molecule has 2 aliphatic rings. The molecule has 1 aliphatic carbocycles. The molecule has 80 valence electrons. The minimum absolute atomic E-state index is 0.0748. The number of carbonyl (C=O) groups is 1. The minimum Gasteiger partial charge on any atom is -0.453 e. The molecule has 0 spiro atoms. The van der Waals surface area contributed by atoms with E-state index >= 15 is 0 Å². The zero-order valence-electron chi connectivity index (χ0n) is 8.49. The number of para-hydroxylation sites is 2. The molecule has 3 rings (SSSR count). The van der Waals surface area contributed by atoms with Crippen molar-refractivity contribution < 1.29 is 9.53 Å². The second-order valence-electron chi connectivity index (χ2n) is 3.77. The average Bonchev–Trinajstić information content (AvgIpc) is 2.28. The quantitative estimate of drug-likeness (QED) is 0.687. The minimum atomic E-state index is -0.0748. The van der Waals surface area contributed by atoms with Crippen LogP contribution in [0.2, 0.25) is 0 Å². The van der Waals surface area contributed by atoms with Gasteiger partial charge in [-0.05, 0) is 12.1 Å². The Bertz CT molecular complexity index is 544. The summed E-state index contributed by atoms with van der Waals surface area (Å²) in [6.07, 6.45) is 1.84. The number of ketones is 1. The van der Waals surface area contributed by atoms with Gasteiger partial charge in [0.05, 0.1) is 23.5 Å². The second kappa shape index (κ2) is 3.13. The predicted octanol–water partition coefficient (Wildman–Crippen LogP) is 1.52. The van der Waals surface area contributed by atoms with Gasteiger partial charge in [0.15, 0.2) is 11.5 Å². The molecule has 1 heterocycles. The highest BCUT2D eigenvalue weighted by Crippen LogP contribution is 2.35. The lowest BCUT2D eigenvalue weighted by Crippen LogP contribution is -2.24. The normalized spacial score (nSPS) is 18.0. The summed E-state index contributed by atoms with van der Waals surface area (Å²) in [5.41, 5.74) is 7.48. The van der Waals surface area contributed by atoms with Gasteiger partial charge in [-0.25, -0.2) is 0 Å². The summed E-state index contributed by atoms with van der Waals surface area (Å²) in [4.78, 5) is 11.4. The maximum Gasteiger partial charge on any atom is 0.184 e. The van der Waals surface area contributed by atoms with E-state index in [1.54, 1.807) is 6.08 Å². The van der Waals surface area contributed by atoms with Crippen LogP contribution in [0.1, 0.15) is 6.42 Å². The van der Waals surface area contributed by atoms with E-state index in [-0.39, 0.29) is 17.9 Å². The van der Waals surface area contributed by atoms with Crippen molar-refractivity contribution in [1.82, 2.24) is 0 Å². The topological polar surface area (TPSA) is 64.4 Å². The molecular formula is C12H10N2O2. The maximum absolute atomic E-state index is 11.4. The molecule has 0 saturated heterocycles. The molecular weight excluding hydrogens is 204 g/mol. The zero-order chi connectivity index (χ0) is 11.1. The Balaban J connectivity index is 2.03. The van der Waals surface area contributed by atoms with Gasteiger partial charge in [-0.3, -0.25) is 4.79 Å². The van der Waals surface area contributed by atoms with Crippen molar-refractivity contribution in [1.29, 1.82) is 0 Å². The van der Waals surface area contributed by atoms with E-state index in [2.05, 4.69) is 5.32 Å². The first kappa shape index (κ1) is 9.03. The first-order valence-corrected chi connectivity index (χ1v) is 5.01. The number of nitrogens with one attached hydrogen (secondary N) is 1. The van der Waals surface area contributed by atoms with Crippen LogP contribution < -0.4 is 15.8 Å². The van der Waals surface area contributed by atoms with Crippen molar-refractivity contribution in [3.63, 3.8) is 0 Å². The van der Waals surface area contributed by atoms with Gasteiger partial charge in [-0.2, -0.15) is 0 Å². The molecule has 0 atom stereocenters. The Hall–Kier alpha value is -2.23. The van der Waals surface area contributed by atoms with Crippen LogP contribution in [0.3, 0.4) is 0 Å². The lowest BCUT2D eigenvalue weighted by Gasteiger charge is -2.25. The molecule has 1 aromatic rings. The Morgan fingerprint density at radius 2 is 2.12 bits per heavy atom. The molecule has 0 radical (unpaired) electrons. The maximum atomic E-state index is 11.4. The van der Waals surface area contributed by atoms with E-state index in [0.29, 0.717) is 5.76 Å². The van der Waals surface area contributed by atoms with Gasteiger partial charge < -0.3 is 15.8 Å². The lowest BCUT2D eigenvalue weighted by atomic mass is 10.0. The first-order valence-electron chi connectivity index (χ1n) is 5.01. The largest absolute Gasteiger partial charge is 0.453 e. The van der Waals surface area contributed by atoms with E-state index in [4.69, 9.17) is 10.5 Å². The van der Waals surface area contributed by atoms with Gasteiger partial charge in [0.1, 0.15) is 5.76 Å². The fraction of sp³-hybridized carbons (Fsp3) is 0.0833. The summed E-state index contributed by atoms with van der Waals surface area (Å²) in [6.45, 7) is 0. The van der Waals surface area contributed by atoms with Crippen LogP contribution in [0.25, 0.3) is 0 Å². The van der Waals surface area contributed by atoms with Crippen LogP contribution in [-0.2, 0) is 4.79 Å². The van der Waals surface area contributed by atoms with Crippen LogP contribution in [0, 0.1) is 0 Å². The number of benzene rings is 1. The van der Waals surface area contributed by atoms with Gasteiger partial charge in [0.2, 0.25) is 0 Å². The van der Waals surface area contributed by atoms with E-state index < -0.39 is 0 Å². The standard InChI is InChI=1S/C12H10N2O2/c13-7-5-12-9(6-10(7)15)14-8-3-1-2-4-11(8)16-12/h1-5,14H,6,13H2. The number of nitrogens with two attached hydrogens (primary N) is 1. The molecule has 0 saturated carbocycles. The summed E-state index contributed by atoms with van der Waals surface area (Å²) in [7, 11) is 0. The molecule has 0 bridgehead atoms. The number of hydrogen-bond acceptors (Lipinski definition) is 4. The summed E-state index contributed by atoms with van der Waals surface area (Å²) >= 11 is 0. The number of carbonyl (C=O) groups excluding carboxylic acids is 1. The fourth-order valence-electron chi connectivity index (χ4n) is 1.80. The Morgan fingerprint density at radius 1 is 1.31 bits per heavy atom. The summed E-state index contributed by atoms with van der Waals surface area (Å²) < 4.78 is 5.66. The third kappa shape index (κ3) is 1.27. The highest BCUT2D eigenvalue weighted by Gasteiger charge is 2.24. The number of anilines is 1. The Labute approximate surface area is 92.4 Å². The van der Waals surface area contributed by atoms with Gasteiger partial charge in [-0.1, -0.05) is 12.1 Å². The van der Waals surface area contributed by atoms with Crippen molar-refractivity contribution in [3.8, 4) is 5.75 Å². The van der Waals surface area contributed by atoms with Crippen molar-refractivity contribution in [2.24, 2.45) is 5.73 Å². The third-order valence-corrected chi connectivity index (χ3v) is 2.64. The smallest absolute Gasteiger partial charge is 0.184 e. The number of ether oxygens (including phenoxy) is 1. The summed E-state index contributed by atoms with van der Waals surface area (Å²) in [6, 6.07) is 7.58. The summed E-state index contributed by atoms with van der Waals surface area (Å²) in [5, 5.41) is 3.18.